The standard InChI is InChI=1S/C14H22N2/c1-2-3-7-12-10-15-14(16-11-12)13-8-5-4-6-9-13/h10-11,13H,2-9H2,1H3. The monoisotopic (exact) mass is 218 g/mol. The molecule has 1 fully saturated rings. The predicted octanol–water partition coefficient (Wildman–Crippen LogP) is 3.87. The largest absolute Gasteiger partial charge is 0.241 e. The van der Waals surface area contributed by atoms with Gasteiger partial charge in [-0.3, -0.25) is 0 Å². The van der Waals surface area contributed by atoms with Gasteiger partial charge in [-0.25, -0.2) is 9.97 Å². The average molecular weight is 218 g/mol. The minimum absolute atomic E-state index is 0.633. The second-order valence-corrected chi connectivity index (χ2v) is 4.89. The van der Waals surface area contributed by atoms with E-state index in [0.29, 0.717) is 5.92 Å². The zero-order chi connectivity index (χ0) is 11.2. The van der Waals surface area contributed by atoms with Crippen molar-refractivity contribution >= 4 is 0 Å². The number of rotatable bonds is 4. The summed E-state index contributed by atoms with van der Waals surface area (Å²) in [5.74, 6) is 1.72. The Labute approximate surface area is 98.5 Å². The third-order valence-corrected chi connectivity index (χ3v) is 3.51. The SMILES string of the molecule is CCCCc1cnc(C2CCCCC2)nc1. The number of hydrogen-bond donors (Lipinski definition) is 0. The van der Waals surface area contributed by atoms with Crippen LogP contribution >= 0.6 is 0 Å². The lowest BCUT2D eigenvalue weighted by Gasteiger charge is -2.19. The first-order valence-corrected chi connectivity index (χ1v) is 6.71. The maximum atomic E-state index is 4.54. The summed E-state index contributed by atoms with van der Waals surface area (Å²) < 4.78 is 0. The molecule has 2 rings (SSSR count). The number of aryl methyl sites for hydroxylation is 1. The van der Waals surface area contributed by atoms with E-state index < -0.39 is 0 Å². The summed E-state index contributed by atoms with van der Waals surface area (Å²) >= 11 is 0. The van der Waals surface area contributed by atoms with E-state index in [2.05, 4.69) is 16.9 Å². The van der Waals surface area contributed by atoms with Crippen molar-refractivity contribution in [1.82, 2.24) is 9.97 Å². The molecule has 1 heterocycles. The molecule has 1 aliphatic carbocycles. The summed E-state index contributed by atoms with van der Waals surface area (Å²) in [6.45, 7) is 2.22. The van der Waals surface area contributed by atoms with Crippen LogP contribution in [0.1, 0.15) is 69.2 Å². The first-order chi connectivity index (χ1) is 7.90. The fourth-order valence-corrected chi connectivity index (χ4v) is 2.45. The van der Waals surface area contributed by atoms with E-state index in [4.69, 9.17) is 0 Å². The van der Waals surface area contributed by atoms with Crippen molar-refractivity contribution in [1.29, 1.82) is 0 Å². The first-order valence-electron chi connectivity index (χ1n) is 6.71. The van der Waals surface area contributed by atoms with Crippen LogP contribution in [0, 0.1) is 0 Å². The molecule has 0 aromatic carbocycles. The van der Waals surface area contributed by atoms with E-state index >= 15 is 0 Å². The highest BCUT2D eigenvalue weighted by Gasteiger charge is 2.17. The molecule has 1 aliphatic rings. The quantitative estimate of drug-likeness (QED) is 0.766. The molecule has 0 N–H and O–H groups in total. The summed E-state index contributed by atoms with van der Waals surface area (Å²) in [4.78, 5) is 9.09. The smallest absolute Gasteiger partial charge is 0.131 e. The van der Waals surface area contributed by atoms with Gasteiger partial charge < -0.3 is 0 Å². The van der Waals surface area contributed by atoms with Gasteiger partial charge in [0.15, 0.2) is 0 Å². The fraction of sp³-hybridized carbons (Fsp3) is 0.714. The van der Waals surface area contributed by atoms with Crippen molar-refractivity contribution in [3.8, 4) is 0 Å². The minimum atomic E-state index is 0.633. The summed E-state index contributed by atoms with van der Waals surface area (Å²) in [7, 11) is 0. The Bertz CT molecular complexity index is 299. The highest BCUT2D eigenvalue weighted by molar-refractivity contribution is 5.08. The summed E-state index contributed by atoms with van der Waals surface area (Å²) in [6, 6.07) is 0. The highest BCUT2D eigenvalue weighted by atomic mass is 14.9. The summed E-state index contributed by atoms with van der Waals surface area (Å²) in [6.07, 6.45) is 14.3. The Hall–Kier alpha value is -0.920. The second kappa shape index (κ2) is 5.97. The molecule has 1 aromatic rings. The van der Waals surface area contributed by atoms with Gasteiger partial charge in [0.2, 0.25) is 0 Å². The molecule has 2 nitrogen and oxygen atoms in total. The Kier molecular flexibility index (Phi) is 4.32. The fourth-order valence-electron chi connectivity index (χ4n) is 2.45. The number of unbranched alkanes of at least 4 members (excludes halogenated alkanes) is 1. The summed E-state index contributed by atoms with van der Waals surface area (Å²) in [5.41, 5.74) is 1.29. The van der Waals surface area contributed by atoms with Crippen molar-refractivity contribution in [2.24, 2.45) is 0 Å². The van der Waals surface area contributed by atoms with Crippen molar-refractivity contribution < 1.29 is 0 Å². The Morgan fingerprint density at radius 2 is 1.81 bits per heavy atom. The van der Waals surface area contributed by atoms with E-state index in [1.165, 1.54) is 50.5 Å². The molecular formula is C14H22N2. The summed E-state index contributed by atoms with van der Waals surface area (Å²) in [5, 5.41) is 0. The van der Waals surface area contributed by atoms with Crippen molar-refractivity contribution in [3.05, 3.63) is 23.8 Å². The van der Waals surface area contributed by atoms with Gasteiger partial charge in [0, 0.05) is 18.3 Å². The first kappa shape index (κ1) is 11.6. The van der Waals surface area contributed by atoms with Gasteiger partial charge in [-0.2, -0.15) is 0 Å². The van der Waals surface area contributed by atoms with E-state index in [1.807, 2.05) is 12.4 Å². The van der Waals surface area contributed by atoms with Gasteiger partial charge in [0.25, 0.3) is 0 Å². The van der Waals surface area contributed by atoms with Crippen LogP contribution in [0.4, 0.5) is 0 Å². The third kappa shape index (κ3) is 3.03. The van der Waals surface area contributed by atoms with Crippen LogP contribution in [-0.4, -0.2) is 9.97 Å². The molecule has 1 saturated carbocycles. The number of hydrogen-bond acceptors (Lipinski definition) is 2. The molecule has 88 valence electrons. The molecule has 16 heavy (non-hydrogen) atoms. The molecule has 0 spiro atoms. The van der Waals surface area contributed by atoms with Gasteiger partial charge in [0.1, 0.15) is 5.82 Å². The van der Waals surface area contributed by atoms with Crippen molar-refractivity contribution in [2.75, 3.05) is 0 Å². The van der Waals surface area contributed by atoms with Crippen LogP contribution in [-0.2, 0) is 6.42 Å². The van der Waals surface area contributed by atoms with Crippen LogP contribution in [0.15, 0.2) is 12.4 Å². The second-order valence-electron chi connectivity index (χ2n) is 4.89. The molecule has 0 aliphatic heterocycles. The molecule has 0 radical (unpaired) electrons. The molecule has 1 aromatic heterocycles. The third-order valence-electron chi connectivity index (χ3n) is 3.51. The Morgan fingerprint density at radius 3 is 2.44 bits per heavy atom. The van der Waals surface area contributed by atoms with Crippen LogP contribution in [0.25, 0.3) is 0 Å². The van der Waals surface area contributed by atoms with Crippen LogP contribution in [0.3, 0.4) is 0 Å². The predicted molar refractivity (Wildman–Crippen MR) is 66.5 cm³/mol. The zero-order valence-corrected chi connectivity index (χ0v) is 10.3. The zero-order valence-electron chi connectivity index (χ0n) is 10.3. The van der Waals surface area contributed by atoms with Gasteiger partial charge in [-0.05, 0) is 31.2 Å². The van der Waals surface area contributed by atoms with Gasteiger partial charge in [0.05, 0.1) is 0 Å². The van der Waals surface area contributed by atoms with E-state index in [1.54, 1.807) is 0 Å². The average Bonchev–Trinajstić information content (AvgIpc) is 2.38. The normalized spacial score (nSPS) is 17.6. The van der Waals surface area contributed by atoms with E-state index in [0.717, 1.165) is 12.2 Å². The molecular weight excluding hydrogens is 196 g/mol. The topological polar surface area (TPSA) is 25.8 Å². The van der Waals surface area contributed by atoms with Crippen molar-refractivity contribution in [3.63, 3.8) is 0 Å². The molecule has 0 atom stereocenters. The lowest BCUT2D eigenvalue weighted by molar-refractivity contribution is 0.428. The lowest BCUT2D eigenvalue weighted by Crippen LogP contribution is -2.08. The van der Waals surface area contributed by atoms with Gasteiger partial charge in [-0.1, -0.05) is 32.6 Å². The molecule has 0 amide bonds. The van der Waals surface area contributed by atoms with Gasteiger partial charge >= 0.3 is 0 Å². The van der Waals surface area contributed by atoms with E-state index in [9.17, 15) is 0 Å². The molecule has 0 bridgehead atoms. The van der Waals surface area contributed by atoms with Crippen molar-refractivity contribution in [2.45, 2.75) is 64.2 Å². The number of nitrogens with zero attached hydrogens (tertiary/aromatic N) is 2. The lowest BCUT2D eigenvalue weighted by atomic mass is 9.89. The maximum Gasteiger partial charge on any atom is 0.131 e. The van der Waals surface area contributed by atoms with Crippen LogP contribution in [0.2, 0.25) is 0 Å². The molecule has 2 heteroatoms. The Balaban J connectivity index is 1.95. The minimum Gasteiger partial charge on any atom is -0.241 e. The van der Waals surface area contributed by atoms with Crippen LogP contribution < -0.4 is 0 Å². The Morgan fingerprint density at radius 1 is 1.12 bits per heavy atom. The highest BCUT2D eigenvalue weighted by Crippen LogP contribution is 2.30. The number of aromatic nitrogens is 2. The molecule has 0 saturated heterocycles. The van der Waals surface area contributed by atoms with Crippen LogP contribution in [0.5, 0.6) is 0 Å². The van der Waals surface area contributed by atoms with Gasteiger partial charge in [-0.15, -0.1) is 0 Å². The van der Waals surface area contributed by atoms with E-state index in [-0.39, 0.29) is 0 Å². The maximum absolute atomic E-state index is 4.54. The molecule has 0 unspecified atom stereocenters.